The van der Waals surface area contributed by atoms with Gasteiger partial charge in [-0.05, 0) is 42.3 Å². The Bertz CT molecular complexity index is 518. The van der Waals surface area contributed by atoms with Gasteiger partial charge < -0.3 is 5.32 Å². The molecule has 0 saturated carbocycles. The monoisotopic (exact) mass is 343 g/mol. The van der Waals surface area contributed by atoms with Crippen LogP contribution >= 0.6 is 39.1 Å². The predicted octanol–water partition coefficient (Wildman–Crippen LogP) is 5.68. The first-order chi connectivity index (χ1) is 8.56. The van der Waals surface area contributed by atoms with Crippen molar-refractivity contribution in [2.24, 2.45) is 0 Å². The summed E-state index contributed by atoms with van der Waals surface area (Å²) < 4.78 is 1.12. The van der Waals surface area contributed by atoms with Crippen LogP contribution in [0.1, 0.15) is 11.1 Å². The molecule has 0 heterocycles. The number of hydrogen-bond donors (Lipinski definition) is 1. The average molecular weight is 345 g/mol. The molecule has 0 spiro atoms. The zero-order valence-corrected chi connectivity index (χ0v) is 12.9. The lowest BCUT2D eigenvalue weighted by atomic mass is 10.1. The molecule has 18 heavy (non-hydrogen) atoms. The van der Waals surface area contributed by atoms with E-state index in [0.29, 0.717) is 10.0 Å². The molecule has 0 saturated heterocycles. The fourth-order valence-electron chi connectivity index (χ4n) is 1.56. The van der Waals surface area contributed by atoms with E-state index in [0.717, 1.165) is 16.7 Å². The predicted molar refractivity (Wildman–Crippen MR) is 82.7 cm³/mol. The molecule has 0 aromatic heterocycles. The van der Waals surface area contributed by atoms with Gasteiger partial charge in [0.25, 0.3) is 0 Å². The first-order valence-corrected chi connectivity index (χ1v) is 7.05. The van der Waals surface area contributed by atoms with E-state index in [1.807, 2.05) is 12.1 Å². The Morgan fingerprint density at radius 1 is 1.06 bits per heavy atom. The van der Waals surface area contributed by atoms with E-state index in [1.165, 1.54) is 11.1 Å². The van der Waals surface area contributed by atoms with Crippen molar-refractivity contribution in [2.75, 3.05) is 5.32 Å². The summed E-state index contributed by atoms with van der Waals surface area (Å²) in [4.78, 5) is 0. The standard InChI is InChI=1S/C14H12BrCl2N/c1-9-2-3-10(6-12(9)15)8-18-11-4-5-13(16)14(17)7-11/h2-7,18H,8H2,1H3. The van der Waals surface area contributed by atoms with Crippen LogP contribution in [-0.4, -0.2) is 0 Å². The minimum absolute atomic E-state index is 0.562. The van der Waals surface area contributed by atoms with E-state index in [4.69, 9.17) is 23.2 Å². The summed E-state index contributed by atoms with van der Waals surface area (Å²) in [6.45, 7) is 2.82. The smallest absolute Gasteiger partial charge is 0.0612 e. The van der Waals surface area contributed by atoms with Crippen molar-refractivity contribution in [1.29, 1.82) is 0 Å². The second kappa shape index (κ2) is 5.96. The minimum atomic E-state index is 0.562. The van der Waals surface area contributed by atoms with Crippen LogP contribution in [0, 0.1) is 6.92 Å². The maximum absolute atomic E-state index is 5.96. The normalized spacial score (nSPS) is 10.4. The minimum Gasteiger partial charge on any atom is -0.381 e. The molecule has 0 aliphatic rings. The molecule has 1 N–H and O–H groups in total. The van der Waals surface area contributed by atoms with Gasteiger partial charge in [-0.1, -0.05) is 51.3 Å². The Hall–Kier alpha value is -0.700. The summed E-state index contributed by atoms with van der Waals surface area (Å²) in [5, 5.41) is 4.44. The van der Waals surface area contributed by atoms with Crippen molar-refractivity contribution in [3.8, 4) is 0 Å². The largest absolute Gasteiger partial charge is 0.381 e. The molecule has 0 bridgehead atoms. The van der Waals surface area contributed by atoms with Gasteiger partial charge in [-0.15, -0.1) is 0 Å². The Morgan fingerprint density at radius 2 is 1.83 bits per heavy atom. The second-order valence-corrected chi connectivity index (χ2v) is 5.73. The lowest BCUT2D eigenvalue weighted by molar-refractivity contribution is 1.14. The highest BCUT2D eigenvalue weighted by molar-refractivity contribution is 9.10. The molecule has 0 radical (unpaired) electrons. The second-order valence-electron chi connectivity index (χ2n) is 4.07. The quantitative estimate of drug-likeness (QED) is 0.755. The van der Waals surface area contributed by atoms with Gasteiger partial charge in [0.1, 0.15) is 0 Å². The van der Waals surface area contributed by atoms with E-state index >= 15 is 0 Å². The molecule has 2 rings (SSSR count). The summed E-state index contributed by atoms with van der Waals surface area (Å²) in [6, 6.07) is 11.8. The topological polar surface area (TPSA) is 12.0 Å². The molecule has 1 nitrogen and oxygen atoms in total. The molecule has 2 aromatic rings. The van der Waals surface area contributed by atoms with Gasteiger partial charge in [0.2, 0.25) is 0 Å². The molecule has 94 valence electrons. The van der Waals surface area contributed by atoms with Crippen molar-refractivity contribution < 1.29 is 0 Å². The molecule has 0 unspecified atom stereocenters. The van der Waals surface area contributed by atoms with Crippen molar-refractivity contribution >= 4 is 44.8 Å². The van der Waals surface area contributed by atoms with Gasteiger partial charge in [0, 0.05) is 16.7 Å². The van der Waals surface area contributed by atoms with Crippen LogP contribution < -0.4 is 5.32 Å². The van der Waals surface area contributed by atoms with E-state index < -0.39 is 0 Å². The third-order valence-electron chi connectivity index (χ3n) is 2.65. The number of halogens is 3. The summed E-state index contributed by atoms with van der Waals surface area (Å²) in [6.07, 6.45) is 0. The number of hydrogen-bond acceptors (Lipinski definition) is 1. The fraction of sp³-hybridized carbons (Fsp3) is 0.143. The molecule has 0 aliphatic heterocycles. The SMILES string of the molecule is Cc1ccc(CNc2ccc(Cl)c(Cl)c2)cc1Br. The third-order valence-corrected chi connectivity index (χ3v) is 4.25. The Morgan fingerprint density at radius 3 is 2.50 bits per heavy atom. The van der Waals surface area contributed by atoms with Crippen molar-refractivity contribution in [1.82, 2.24) is 0 Å². The maximum atomic E-state index is 5.96. The molecule has 0 aliphatic carbocycles. The lowest BCUT2D eigenvalue weighted by Crippen LogP contribution is -1.99. The van der Waals surface area contributed by atoms with Crippen molar-refractivity contribution in [2.45, 2.75) is 13.5 Å². The number of anilines is 1. The zero-order valence-electron chi connectivity index (χ0n) is 9.81. The third kappa shape index (κ3) is 3.41. The van der Waals surface area contributed by atoms with E-state index in [1.54, 1.807) is 6.07 Å². The average Bonchev–Trinajstić information content (AvgIpc) is 2.35. The molecule has 0 atom stereocenters. The molecule has 0 amide bonds. The van der Waals surface area contributed by atoms with E-state index in [9.17, 15) is 0 Å². The fourth-order valence-corrected chi connectivity index (χ4v) is 2.28. The molecular formula is C14H12BrCl2N. The van der Waals surface area contributed by atoms with Gasteiger partial charge in [0.05, 0.1) is 10.0 Å². The number of nitrogens with one attached hydrogen (secondary N) is 1. The molecule has 2 aromatic carbocycles. The molecule has 4 heteroatoms. The van der Waals surface area contributed by atoms with E-state index in [-0.39, 0.29) is 0 Å². The van der Waals surface area contributed by atoms with Gasteiger partial charge in [0.15, 0.2) is 0 Å². The highest BCUT2D eigenvalue weighted by Gasteiger charge is 2.01. The van der Waals surface area contributed by atoms with Gasteiger partial charge in [-0.2, -0.15) is 0 Å². The maximum Gasteiger partial charge on any atom is 0.0612 e. The highest BCUT2D eigenvalue weighted by atomic mass is 79.9. The Labute approximate surface area is 125 Å². The zero-order chi connectivity index (χ0) is 13.1. The van der Waals surface area contributed by atoms with Gasteiger partial charge in [-0.3, -0.25) is 0 Å². The Kier molecular flexibility index (Phi) is 4.55. The van der Waals surface area contributed by atoms with E-state index in [2.05, 4.69) is 46.4 Å². The van der Waals surface area contributed by atoms with Gasteiger partial charge >= 0.3 is 0 Å². The van der Waals surface area contributed by atoms with Crippen molar-refractivity contribution in [3.05, 3.63) is 62.0 Å². The van der Waals surface area contributed by atoms with Crippen LogP contribution in [0.3, 0.4) is 0 Å². The number of aryl methyl sites for hydroxylation is 1. The Balaban J connectivity index is 2.06. The van der Waals surface area contributed by atoms with Gasteiger partial charge in [-0.25, -0.2) is 0 Å². The van der Waals surface area contributed by atoms with Crippen LogP contribution in [0.2, 0.25) is 10.0 Å². The number of benzene rings is 2. The lowest BCUT2D eigenvalue weighted by Gasteiger charge is -2.08. The van der Waals surface area contributed by atoms with Crippen LogP contribution in [0.25, 0.3) is 0 Å². The first-order valence-electron chi connectivity index (χ1n) is 5.50. The summed E-state index contributed by atoms with van der Waals surface area (Å²) in [7, 11) is 0. The first kappa shape index (κ1) is 13.7. The number of rotatable bonds is 3. The van der Waals surface area contributed by atoms with Crippen LogP contribution in [0.5, 0.6) is 0 Å². The van der Waals surface area contributed by atoms with Crippen LogP contribution in [0.15, 0.2) is 40.9 Å². The summed E-state index contributed by atoms with van der Waals surface area (Å²) in [5.41, 5.74) is 3.40. The van der Waals surface area contributed by atoms with Crippen molar-refractivity contribution in [3.63, 3.8) is 0 Å². The van der Waals surface area contributed by atoms with Crippen LogP contribution in [0.4, 0.5) is 5.69 Å². The summed E-state index contributed by atoms with van der Waals surface area (Å²) >= 11 is 15.4. The molecule has 0 fully saturated rings. The molecular weight excluding hydrogens is 333 g/mol. The highest BCUT2D eigenvalue weighted by Crippen LogP contribution is 2.25. The summed E-state index contributed by atoms with van der Waals surface area (Å²) in [5.74, 6) is 0. The van der Waals surface area contributed by atoms with Crippen LogP contribution in [-0.2, 0) is 6.54 Å².